The minimum absolute atomic E-state index is 0.187. The van der Waals surface area contributed by atoms with Crippen molar-refractivity contribution in [3.63, 3.8) is 0 Å². The van der Waals surface area contributed by atoms with Crippen LogP contribution < -0.4 is 11.1 Å². The maximum absolute atomic E-state index is 13.1. The van der Waals surface area contributed by atoms with Gasteiger partial charge in [-0.3, -0.25) is 0 Å². The van der Waals surface area contributed by atoms with Crippen LogP contribution in [0.4, 0.5) is 19.0 Å². The Labute approximate surface area is 143 Å². The third-order valence-corrected chi connectivity index (χ3v) is 5.16. The highest BCUT2D eigenvalue weighted by Crippen LogP contribution is 2.53. The first kappa shape index (κ1) is 16.4. The molecule has 0 spiro atoms. The zero-order chi connectivity index (χ0) is 17.9. The number of nitrogens with one attached hydrogen (secondary N) is 1. The van der Waals surface area contributed by atoms with Gasteiger partial charge in [0.2, 0.25) is 0 Å². The van der Waals surface area contributed by atoms with E-state index in [1.165, 1.54) is 6.20 Å². The van der Waals surface area contributed by atoms with Crippen LogP contribution in [-0.2, 0) is 6.18 Å². The van der Waals surface area contributed by atoms with Crippen LogP contribution in [0.2, 0.25) is 0 Å². The first-order valence-corrected chi connectivity index (χ1v) is 8.40. The number of imidazole rings is 1. The molecule has 3 N–H and O–H groups in total. The van der Waals surface area contributed by atoms with E-state index in [1.807, 2.05) is 20.0 Å². The third-order valence-electron chi connectivity index (χ3n) is 5.16. The summed E-state index contributed by atoms with van der Waals surface area (Å²) in [5, 5.41) is 3.36. The van der Waals surface area contributed by atoms with Crippen LogP contribution in [0.5, 0.6) is 0 Å². The van der Waals surface area contributed by atoms with Crippen LogP contribution in [0.3, 0.4) is 0 Å². The fourth-order valence-corrected chi connectivity index (χ4v) is 3.85. The monoisotopic (exact) mass is 351 g/mol. The number of pyridine rings is 1. The average molecular weight is 351 g/mol. The number of nitrogen functional groups attached to an aromatic ring is 1. The predicted octanol–water partition coefficient (Wildman–Crippen LogP) is 3.06. The highest BCUT2D eigenvalue weighted by atomic mass is 19.4. The van der Waals surface area contributed by atoms with Crippen molar-refractivity contribution in [2.24, 2.45) is 11.8 Å². The molecule has 0 bridgehead atoms. The Hall–Kier alpha value is -2.09. The molecule has 8 heteroatoms. The summed E-state index contributed by atoms with van der Waals surface area (Å²) in [5.74, 6) is 1.76. The molecule has 1 saturated heterocycles. The zero-order valence-corrected chi connectivity index (χ0v) is 14.0. The van der Waals surface area contributed by atoms with Gasteiger partial charge < -0.3 is 15.6 Å². The van der Waals surface area contributed by atoms with Gasteiger partial charge in [-0.2, -0.15) is 13.2 Å². The molecule has 2 aromatic rings. The number of hydrogen-bond donors (Lipinski definition) is 2. The largest absolute Gasteiger partial charge is 0.419 e. The average Bonchev–Trinajstić information content (AvgIpc) is 2.93. The predicted molar refractivity (Wildman–Crippen MR) is 87.8 cm³/mol. The summed E-state index contributed by atoms with van der Waals surface area (Å²) < 4.78 is 41.4. The van der Waals surface area contributed by atoms with E-state index in [9.17, 15) is 13.2 Å². The van der Waals surface area contributed by atoms with Crippen molar-refractivity contribution in [1.29, 1.82) is 0 Å². The number of piperidine rings is 1. The van der Waals surface area contributed by atoms with Crippen molar-refractivity contribution in [3.8, 4) is 11.3 Å². The molecule has 0 amide bonds. The van der Waals surface area contributed by atoms with Crippen LogP contribution >= 0.6 is 0 Å². The summed E-state index contributed by atoms with van der Waals surface area (Å²) in [6.45, 7) is 6.06. The minimum atomic E-state index is -4.53. The molecule has 0 radical (unpaired) electrons. The van der Waals surface area contributed by atoms with Crippen LogP contribution in [0, 0.1) is 11.8 Å². The highest BCUT2D eigenvalue weighted by Gasteiger charge is 2.54. The van der Waals surface area contributed by atoms with Crippen LogP contribution in [0.15, 0.2) is 18.5 Å². The maximum atomic E-state index is 13.1. The smallest absolute Gasteiger partial charge is 0.383 e. The lowest BCUT2D eigenvalue weighted by Crippen LogP contribution is -2.17. The number of aromatic nitrogens is 3. The van der Waals surface area contributed by atoms with E-state index in [0.29, 0.717) is 29.1 Å². The van der Waals surface area contributed by atoms with Gasteiger partial charge >= 0.3 is 6.18 Å². The van der Waals surface area contributed by atoms with E-state index in [1.54, 1.807) is 0 Å². The molecule has 3 atom stereocenters. The molecule has 2 aliphatic rings. The number of hydrogen-bond acceptors (Lipinski definition) is 4. The topological polar surface area (TPSA) is 68.8 Å². The van der Waals surface area contributed by atoms with Crippen LogP contribution in [-0.4, -0.2) is 27.6 Å². The maximum Gasteiger partial charge on any atom is 0.419 e. The van der Waals surface area contributed by atoms with Gasteiger partial charge in [-0.1, -0.05) is 13.8 Å². The summed E-state index contributed by atoms with van der Waals surface area (Å²) in [6, 6.07) is 1.43. The number of nitrogens with two attached hydrogens (primary N) is 1. The van der Waals surface area contributed by atoms with E-state index in [4.69, 9.17) is 5.73 Å². The first-order valence-electron chi connectivity index (χ1n) is 8.40. The van der Waals surface area contributed by atoms with Crippen molar-refractivity contribution in [1.82, 2.24) is 19.9 Å². The van der Waals surface area contributed by atoms with Gasteiger partial charge in [0.15, 0.2) is 0 Å². The quantitative estimate of drug-likeness (QED) is 0.892. The third kappa shape index (κ3) is 2.68. The SMILES string of the molecule is CC(C)c1nc(-c2cnc(N)c(C(F)(F)F)c2)cn1[C@@H]1[C@@H]2CNC[C@@H]21. The molecule has 0 aromatic carbocycles. The van der Waals surface area contributed by atoms with Gasteiger partial charge in [-0.05, 0) is 17.9 Å². The first-order chi connectivity index (χ1) is 11.8. The second-order valence-electron chi connectivity index (χ2n) is 7.18. The lowest BCUT2D eigenvalue weighted by Gasteiger charge is -2.12. The normalized spacial score (nSPS) is 25.4. The summed E-state index contributed by atoms with van der Waals surface area (Å²) >= 11 is 0. The number of fused-ring (bicyclic) bond motifs is 1. The van der Waals surface area contributed by atoms with E-state index >= 15 is 0 Å². The van der Waals surface area contributed by atoms with E-state index in [2.05, 4.69) is 19.9 Å². The second-order valence-corrected chi connectivity index (χ2v) is 7.18. The zero-order valence-electron chi connectivity index (χ0n) is 14.0. The number of alkyl halides is 3. The Bertz CT molecular complexity index is 801. The Morgan fingerprint density at radius 2 is 1.96 bits per heavy atom. The minimum Gasteiger partial charge on any atom is -0.383 e. The standard InChI is InChI=1S/C17H20F3N5/c1-8(2)16-24-13(7-25(16)14-10-5-22-6-11(10)14)9-3-12(17(18,19)20)15(21)23-4-9/h3-4,7-8,10-11,14,22H,5-6H2,1-2H3,(H2,21,23)/t10-,11+,14-. The molecule has 134 valence electrons. The molecular formula is C17H20F3N5. The lowest BCUT2D eigenvalue weighted by molar-refractivity contribution is -0.137. The Morgan fingerprint density at radius 3 is 2.56 bits per heavy atom. The van der Waals surface area contributed by atoms with E-state index in [-0.39, 0.29) is 5.92 Å². The van der Waals surface area contributed by atoms with Gasteiger partial charge in [0.25, 0.3) is 0 Å². The summed E-state index contributed by atoms with van der Waals surface area (Å²) in [5.41, 5.74) is 5.33. The van der Waals surface area contributed by atoms with Gasteiger partial charge in [-0.15, -0.1) is 0 Å². The molecule has 1 aliphatic carbocycles. The molecule has 1 aliphatic heterocycles. The molecule has 3 heterocycles. The molecular weight excluding hydrogens is 331 g/mol. The number of rotatable bonds is 3. The molecule has 5 nitrogen and oxygen atoms in total. The molecule has 25 heavy (non-hydrogen) atoms. The number of anilines is 1. The Balaban J connectivity index is 1.74. The van der Waals surface area contributed by atoms with E-state index < -0.39 is 17.6 Å². The van der Waals surface area contributed by atoms with Crippen molar-refractivity contribution < 1.29 is 13.2 Å². The summed E-state index contributed by atoms with van der Waals surface area (Å²) in [7, 11) is 0. The Morgan fingerprint density at radius 1 is 1.28 bits per heavy atom. The van der Waals surface area contributed by atoms with Crippen LogP contribution in [0.1, 0.15) is 37.2 Å². The van der Waals surface area contributed by atoms with Crippen molar-refractivity contribution in [3.05, 3.63) is 29.8 Å². The summed E-state index contributed by atoms with van der Waals surface area (Å²) in [4.78, 5) is 8.34. The van der Waals surface area contributed by atoms with Gasteiger partial charge in [0, 0.05) is 43.0 Å². The van der Waals surface area contributed by atoms with Gasteiger partial charge in [0.05, 0.1) is 11.3 Å². The lowest BCUT2D eigenvalue weighted by atomic mass is 10.1. The molecule has 4 rings (SSSR count). The molecule has 2 aromatic heterocycles. The van der Waals surface area contributed by atoms with Crippen LogP contribution in [0.25, 0.3) is 11.3 Å². The van der Waals surface area contributed by atoms with E-state index in [0.717, 1.165) is 25.0 Å². The van der Waals surface area contributed by atoms with Crippen molar-refractivity contribution in [2.45, 2.75) is 32.0 Å². The fourth-order valence-electron chi connectivity index (χ4n) is 3.85. The number of halogens is 3. The highest BCUT2D eigenvalue weighted by molar-refractivity contribution is 5.62. The molecule has 0 unspecified atom stereocenters. The Kier molecular flexibility index (Phi) is 3.57. The van der Waals surface area contributed by atoms with Gasteiger partial charge in [-0.25, -0.2) is 9.97 Å². The van der Waals surface area contributed by atoms with Crippen molar-refractivity contribution in [2.75, 3.05) is 18.8 Å². The molecule has 2 fully saturated rings. The second kappa shape index (κ2) is 5.45. The van der Waals surface area contributed by atoms with Gasteiger partial charge in [0.1, 0.15) is 11.6 Å². The van der Waals surface area contributed by atoms with Crippen molar-refractivity contribution >= 4 is 5.82 Å². The fraction of sp³-hybridized carbons (Fsp3) is 0.529. The summed E-state index contributed by atoms with van der Waals surface area (Å²) in [6.07, 6.45) is -1.31. The molecule has 1 saturated carbocycles. The number of nitrogens with zero attached hydrogens (tertiary/aromatic N) is 3.